The molecule has 2 saturated carbocycles. The molecule has 6 atom stereocenters. The molecule has 0 aromatic carbocycles. The molecule has 0 spiro atoms. The van der Waals surface area contributed by atoms with Crippen LogP contribution in [0.1, 0.15) is 66.2 Å². The molecule has 0 amide bonds. The number of fused-ring (bicyclic) bond motifs is 3. The number of rotatable bonds is 2. The smallest absolute Gasteiger partial charge is 0.0913 e. The first-order valence-electron chi connectivity index (χ1n) is 9.43. The van der Waals surface area contributed by atoms with Crippen LogP contribution < -0.4 is 0 Å². The van der Waals surface area contributed by atoms with Gasteiger partial charge in [-0.15, -0.1) is 0 Å². The van der Waals surface area contributed by atoms with E-state index in [0.717, 1.165) is 31.3 Å². The first-order chi connectivity index (χ1) is 11.0. The van der Waals surface area contributed by atoms with Gasteiger partial charge >= 0.3 is 0 Å². The Morgan fingerprint density at radius 1 is 1.12 bits per heavy atom. The second kappa shape index (κ2) is 5.54. The summed E-state index contributed by atoms with van der Waals surface area (Å²) in [4.78, 5) is 0. The van der Waals surface area contributed by atoms with E-state index in [1.165, 1.54) is 0 Å². The molecule has 0 aliphatic heterocycles. The minimum Gasteiger partial charge on any atom is -0.394 e. The van der Waals surface area contributed by atoms with Gasteiger partial charge in [0, 0.05) is 10.8 Å². The van der Waals surface area contributed by atoms with Crippen molar-refractivity contribution in [2.24, 2.45) is 22.2 Å². The molecule has 138 valence electrons. The summed E-state index contributed by atoms with van der Waals surface area (Å²) in [6.07, 6.45) is 5.56. The molecule has 0 aromatic rings. The van der Waals surface area contributed by atoms with Crippen molar-refractivity contribution in [3.8, 4) is 0 Å². The van der Waals surface area contributed by atoms with Crippen molar-refractivity contribution in [1.82, 2.24) is 0 Å². The third-order valence-corrected chi connectivity index (χ3v) is 8.11. The van der Waals surface area contributed by atoms with Crippen molar-refractivity contribution in [1.29, 1.82) is 0 Å². The van der Waals surface area contributed by atoms with E-state index in [0.29, 0.717) is 12.8 Å². The van der Waals surface area contributed by atoms with Gasteiger partial charge in [-0.3, -0.25) is 0 Å². The van der Waals surface area contributed by atoms with Crippen molar-refractivity contribution < 1.29 is 20.4 Å². The molecular formula is C20H34O4. The highest BCUT2D eigenvalue weighted by molar-refractivity contribution is 5.33. The zero-order chi connectivity index (χ0) is 18.0. The SMILES string of the molecule is CC1(C)[C@H](O)CC[C@@]2(C)[C@H]1CCC1=C[C@](C)([C@@H](O)CO)CC[C@]12O. The summed E-state index contributed by atoms with van der Waals surface area (Å²) in [6, 6.07) is 0. The lowest BCUT2D eigenvalue weighted by Gasteiger charge is -2.64. The Hall–Kier alpha value is -0.420. The van der Waals surface area contributed by atoms with Crippen LogP contribution in [0.25, 0.3) is 0 Å². The first-order valence-corrected chi connectivity index (χ1v) is 9.43. The van der Waals surface area contributed by atoms with Crippen LogP contribution in [0.2, 0.25) is 0 Å². The van der Waals surface area contributed by atoms with Crippen LogP contribution in [0.4, 0.5) is 0 Å². The quantitative estimate of drug-likeness (QED) is 0.583. The van der Waals surface area contributed by atoms with E-state index in [2.05, 4.69) is 26.8 Å². The van der Waals surface area contributed by atoms with Crippen molar-refractivity contribution >= 4 is 0 Å². The largest absolute Gasteiger partial charge is 0.394 e. The molecule has 4 heteroatoms. The highest BCUT2D eigenvalue weighted by Crippen LogP contribution is 2.65. The second-order valence-corrected chi connectivity index (χ2v) is 9.62. The van der Waals surface area contributed by atoms with Crippen molar-refractivity contribution in [2.45, 2.75) is 84.0 Å². The molecule has 4 nitrogen and oxygen atoms in total. The summed E-state index contributed by atoms with van der Waals surface area (Å²) >= 11 is 0. The Balaban J connectivity index is 2.02. The lowest BCUT2D eigenvalue weighted by molar-refractivity contribution is -0.195. The molecule has 0 saturated heterocycles. The number of hydrogen-bond acceptors (Lipinski definition) is 4. The molecule has 3 aliphatic carbocycles. The first kappa shape index (κ1) is 18.4. The van der Waals surface area contributed by atoms with Gasteiger partial charge in [0.2, 0.25) is 0 Å². The van der Waals surface area contributed by atoms with Crippen LogP contribution in [0.15, 0.2) is 11.6 Å². The van der Waals surface area contributed by atoms with Crippen LogP contribution >= 0.6 is 0 Å². The van der Waals surface area contributed by atoms with E-state index in [-0.39, 0.29) is 29.5 Å². The molecule has 0 heterocycles. The van der Waals surface area contributed by atoms with Crippen LogP contribution in [-0.2, 0) is 0 Å². The predicted octanol–water partition coefficient (Wildman–Crippen LogP) is 2.39. The molecule has 0 aromatic heterocycles. The van der Waals surface area contributed by atoms with Crippen LogP contribution in [0.5, 0.6) is 0 Å². The lowest BCUT2D eigenvalue weighted by Crippen LogP contribution is -2.64. The third-order valence-electron chi connectivity index (χ3n) is 8.11. The predicted molar refractivity (Wildman–Crippen MR) is 93.3 cm³/mol. The van der Waals surface area contributed by atoms with Gasteiger partial charge in [-0.25, -0.2) is 0 Å². The van der Waals surface area contributed by atoms with Gasteiger partial charge in [-0.1, -0.05) is 33.8 Å². The highest BCUT2D eigenvalue weighted by Gasteiger charge is 2.63. The summed E-state index contributed by atoms with van der Waals surface area (Å²) in [5.41, 5.74) is -0.731. The Kier molecular flexibility index (Phi) is 4.24. The summed E-state index contributed by atoms with van der Waals surface area (Å²) in [6.45, 7) is 8.20. The monoisotopic (exact) mass is 338 g/mol. The summed E-state index contributed by atoms with van der Waals surface area (Å²) in [5, 5.41) is 41.9. The van der Waals surface area contributed by atoms with Crippen molar-refractivity contribution in [2.75, 3.05) is 6.61 Å². The Morgan fingerprint density at radius 3 is 2.42 bits per heavy atom. The fourth-order valence-electron chi connectivity index (χ4n) is 6.12. The van der Waals surface area contributed by atoms with E-state index in [1.54, 1.807) is 0 Å². The van der Waals surface area contributed by atoms with Gasteiger partial charge in [-0.2, -0.15) is 0 Å². The fraction of sp³-hybridized carbons (Fsp3) is 0.900. The molecule has 0 unspecified atom stereocenters. The van der Waals surface area contributed by atoms with Gasteiger partial charge in [0.1, 0.15) is 0 Å². The zero-order valence-corrected chi connectivity index (χ0v) is 15.5. The van der Waals surface area contributed by atoms with Crippen LogP contribution in [0.3, 0.4) is 0 Å². The van der Waals surface area contributed by atoms with E-state index in [9.17, 15) is 20.4 Å². The summed E-state index contributed by atoms with van der Waals surface area (Å²) in [5.74, 6) is 0.281. The summed E-state index contributed by atoms with van der Waals surface area (Å²) in [7, 11) is 0. The summed E-state index contributed by atoms with van der Waals surface area (Å²) < 4.78 is 0. The van der Waals surface area contributed by atoms with E-state index >= 15 is 0 Å². The number of aliphatic hydroxyl groups excluding tert-OH is 3. The fourth-order valence-corrected chi connectivity index (χ4v) is 6.12. The lowest BCUT2D eigenvalue weighted by atomic mass is 9.43. The standard InChI is InChI=1S/C20H34O4/c1-17(2)14-6-5-13-11-18(3,16(23)12-21)9-10-20(13,24)19(14,4)8-7-15(17)22/h11,14-16,21-24H,5-10,12H2,1-4H3/t14-,15+,16-,18+,19-,20-/m0/s1. The molecule has 2 fully saturated rings. The number of hydrogen-bond donors (Lipinski definition) is 4. The second-order valence-electron chi connectivity index (χ2n) is 9.62. The highest BCUT2D eigenvalue weighted by atomic mass is 16.3. The van der Waals surface area contributed by atoms with Crippen LogP contribution in [0, 0.1) is 22.2 Å². The molecular weight excluding hydrogens is 304 g/mol. The van der Waals surface area contributed by atoms with Gasteiger partial charge in [-0.05, 0) is 55.4 Å². The maximum Gasteiger partial charge on any atom is 0.0913 e. The molecule has 3 rings (SSSR count). The Labute approximate surface area is 145 Å². The normalized spacial score (nSPS) is 48.9. The molecule has 24 heavy (non-hydrogen) atoms. The average molecular weight is 338 g/mol. The van der Waals surface area contributed by atoms with Crippen molar-refractivity contribution in [3.05, 3.63) is 11.6 Å². The van der Waals surface area contributed by atoms with E-state index in [4.69, 9.17) is 0 Å². The minimum absolute atomic E-state index is 0.195. The van der Waals surface area contributed by atoms with E-state index < -0.39 is 17.1 Å². The Bertz CT molecular complexity index is 542. The molecule has 3 aliphatic rings. The van der Waals surface area contributed by atoms with Gasteiger partial charge in [0.25, 0.3) is 0 Å². The zero-order valence-electron chi connectivity index (χ0n) is 15.5. The molecule has 0 bridgehead atoms. The van der Waals surface area contributed by atoms with E-state index in [1.807, 2.05) is 6.92 Å². The van der Waals surface area contributed by atoms with Gasteiger partial charge in [0.15, 0.2) is 0 Å². The molecule has 4 N–H and O–H groups in total. The molecule has 0 radical (unpaired) electrons. The maximum absolute atomic E-state index is 11.8. The van der Waals surface area contributed by atoms with Crippen molar-refractivity contribution in [3.63, 3.8) is 0 Å². The number of aliphatic hydroxyl groups is 4. The van der Waals surface area contributed by atoms with Gasteiger partial charge in [0.05, 0.1) is 24.4 Å². The minimum atomic E-state index is -0.859. The average Bonchev–Trinajstić information content (AvgIpc) is 2.52. The Morgan fingerprint density at radius 2 is 1.79 bits per heavy atom. The van der Waals surface area contributed by atoms with Crippen LogP contribution in [-0.4, -0.2) is 44.8 Å². The topological polar surface area (TPSA) is 80.9 Å². The van der Waals surface area contributed by atoms with Gasteiger partial charge < -0.3 is 20.4 Å². The maximum atomic E-state index is 11.8. The third kappa shape index (κ3) is 2.26.